The highest BCUT2D eigenvalue weighted by Gasteiger charge is 2.32. The first kappa shape index (κ1) is 11.6. The third kappa shape index (κ3) is 2.14. The van der Waals surface area contributed by atoms with Gasteiger partial charge in [0.05, 0.1) is 6.04 Å². The standard InChI is InChI=1S/C13H22N2O/c1-3-10-9-15-8-6-5-7-12(15)13(16)14-11(10)4-2/h12H,3-9H2,1-2H3,(H,14,16)/t12-/m0/s1. The molecule has 3 nitrogen and oxygen atoms in total. The van der Waals surface area contributed by atoms with E-state index < -0.39 is 0 Å². The van der Waals surface area contributed by atoms with Crippen LogP contribution in [0.3, 0.4) is 0 Å². The molecular weight excluding hydrogens is 200 g/mol. The van der Waals surface area contributed by atoms with Crippen LogP contribution in [0.25, 0.3) is 0 Å². The first-order valence-electron chi connectivity index (χ1n) is 6.52. The fraction of sp³-hybridized carbons (Fsp3) is 0.769. The van der Waals surface area contributed by atoms with Crippen molar-refractivity contribution in [2.45, 2.75) is 52.0 Å². The van der Waals surface area contributed by atoms with Gasteiger partial charge in [-0.3, -0.25) is 9.69 Å². The van der Waals surface area contributed by atoms with Crippen molar-refractivity contribution in [3.63, 3.8) is 0 Å². The second kappa shape index (κ2) is 5.00. The molecule has 1 atom stereocenters. The zero-order valence-electron chi connectivity index (χ0n) is 10.4. The Morgan fingerprint density at radius 3 is 2.81 bits per heavy atom. The number of carbonyl (C=O) groups excluding carboxylic acids is 1. The molecule has 0 radical (unpaired) electrons. The summed E-state index contributed by atoms with van der Waals surface area (Å²) in [5.41, 5.74) is 2.59. The zero-order valence-corrected chi connectivity index (χ0v) is 10.4. The van der Waals surface area contributed by atoms with Crippen LogP contribution in [0.15, 0.2) is 11.3 Å². The van der Waals surface area contributed by atoms with Gasteiger partial charge in [-0.15, -0.1) is 0 Å². The largest absolute Gasteiger partial charge is 0.328 e. The normalized spacial score (nSPS) is 27.4. The van der Waals surface area contributed by atoms with Gasteiger partial charge in [-0.05, 0) is 37.8 Å². The quantitative estimate of drug-likeness (QED) is 0.775. The van der Waals surface area contributed by atoms with E-state index in [1.165, 1.54) is 24.1 Å². The molecule has 0 aromatic heterocycles. The van der Waals surface area contributed by atoms with Gasteiger partial charge in [0.15, 0.2) is 0 Å². The van der Waals surface area contributed by atoms with Crippen LogP contribution in [0.2, 0.25) is 0 Å². The molecule has 2 aliphatic rings. The lowest BCUT2D eigenvalue weighted by atomic mass is 10.0. The number of nitrogens with zero attached hydrogens (tertiary/aromatic N) is 1. The van der Waals surface area contributed by atoms with Crippen LogP contribution in [-0.4, -0.2) is 29.9 Å². The second-order valence-electron chi connectivity index (χ2n) is 4.76. The monoisotopic (exact) mass is 222 g/mol. The number of allylic oxidation sites excluding steroid dienone is 1. The molecule has 0 bridgehead atoms. The molecule has 1 saturated heterocycles. The molecular formula is C13H22N2O. The van der Waals surface area contributed by atoms with Crippen LogP contribution < -0.4 is 5.32 Å². The Kier molecular flexibility index (Phi) is 3.64. The smallest absolute Gasteiger partial charge is 0.241 e. The van der Waals surface area contributed by atoms with Crippen molar-refractivity contribution in [3.05, 3.63) is 11.3 Å². The topological polar surface area (TPSA) is 32.3 Å². The van der Waals surface area contributed by atoms with E-state index in [1.807, 2.05) is 0 Å². The number of fused-ring (bicyclic) bond motifs is 1. The van der Waals surface area contributed by atoms with Gasteiger partial charge < -0.3 is 5.32 Å². The van der Waals surface area contributed by atoms with E-state index in [4.69, 9.17) is 0 Å². The maximum Gasteiger partial charge on any atom is 0.241 e. The fourth-order valence-electron chi connectivity index (χ4n) is 2.80. The highest BCUT2D eigenvalue weighted by atomic mass is 16.2. The minimum absolute atomic E-state index is 0.124. The van der Waals surface area contributed by atoms with Crippen molar-refractivity contribution in [2.75, 3.05) is 13.1 Å². The van der Waals surface area contributed by atoms with Gasteiger partial charge in [-0.25, -0.2) is 0 Å². The second-order valence-corrected chi connectivity index (χ2v) is 4.76. The van der Waals surface area contributed by atoms with Crippen molar-refractivity contribution in [2.24, 2.45) is 0 Å². The Bertz CT molecular complexity index is 309. The molecule has 16 heavy (non-hydrogen) atoms. The Morgan fingerprint density at radius 2 is 2.12 bits per heavy atom. The minimum Gasteiger partial charge on any atom is -0.328 e. The number of nitrogens with one attached hydrogen (secondary N) is 1. The van der Waals surface area contributed by atoms with E-state index in [2.05, 4.69) is 24.1 Å². The highest BCUT2D eigenvalue weighted by molar-refractivity contribution is 5.84. The van der Waals surface area contributed by atoms with Crippen molar-refractivity contribution in [1.29, 1.82) is 0 Å². The average molecular weight is 222 g/mol. The summed E-state index contributed by atoms with van der Waals surface area (Å²) in [7, 11) is 0. The van der Waals surface area contributed by atoms with Gasteiger partial charge in [-0.1, -0.05) is 20.3 Å². The molecule has 0 aliphatic carbocycles. The summed E-state index contributed by atoms with van der Waals surface area (Å²) < 4.78 is 0. The van der Waals surface area contributed by atoms with Crippen LogP contribution >= 0.6 is 0 Å². The molecule has 0 unspecified atom stereocenters. The molecule has 90 valence electrons. The number of carbonyl (C=O) groups is 1. The Balaban J connectivity index is 2.23. The number of rotatable bonds is 2. The van der Waals surface area contributed by atoms with Crippen molar-refractivity contribution >= 4 is 5.91 Å². The maximum absolute atomic E-state index is 12.1. The molecule has 1 amide bonds. The summed E-state index contributed by atoms with van der Waals surface area (Å²) >= 11 is 0. The number of hydrogen-bond acceptors (Lipinski definition) is 2. The lowest BCUT2D eigenvalue weighted by molar-refractivity contribution is -0.126. The first-order chi connectivity index (χ1) is 7.76. The maximum atomic E-state index is 12.1. The van der Waals surface area contributed by atoms with Gasteiger partial charge in [-0.2, -0.15) is 0 Å². The van der Waals surface area contributed by atoms with E-state index in [-0.39, 0.29) is 11.9 Å². The van der Waals surface area contributed by atoms with Gasteiger partial charge in [0.25, 0.3) is 0 Å². The average Bonchev–Trinajstić information content (AvgIpc) is 2.46. The SMILES string of the molecule is CCC1=C(CC)NC(=O)[C@@H]2CCCCN2C1. The number of amides is 1. The summed E-state index contributed by atoms with van der Waals surface area (Å²) in [5, 5.41) is 3.13. The van der Waals surface area contributed by atoms with Gasteiger partial charge in [0, 0.05) is 12.2 Å². The van der Waals surface area contributed by atoms with E-state index >= 15 is 0 Å². The predicted molar refractivity (Wildman–Crippen MR) is 65.0 cm³/mol. The Labute approximate surface area is 97.9 Å². The molecule has 2 aliphatic heterocycles. The first-order valence-corrected chi connectivity index (χ1v) is 6.52. The molecule has 0 aromatic carbocycles. The van der Waals surface area contributed by atoms with Crippen molar-refractivity contribution < 1.29 is 4.79 Å². The molecule has 2 heterocycles. The molecule has 1 fully saturated rings. The molecule has 0 spiro atoms. The van der Waals surface area contributed by atoms with Crippen LogP contribution in [0.1, 0.15) is 46.0 Å². The summed E-state index contributed by atoms with van der Waals surface area (Å²) in [6, 6.07) is 0.124. The number of hydrogen-bond donors (Lipinski definition) is 1. The van der Waals surface area contributed by atoms with Crippen molar-refractivity contribution in [3.8, 4) is 0 Å². The predicted octanol–water partition coefficient (Wildman–Crippen LogP) is 2.04. The van der Waals surface area contributed by atoms with Gasteiger partial charge >= 0.3 is 0 Å². The molecule has 0 aromatic rings. The fourth-order valence-corrected chi connectivity index (χ4v) is 2.80. The third-order valence-corrected chi connectivity index (χ3v) is 3.79. The van der Waals surface area contributed by atoms with Gasteiger partial charge in [0.1, 0.15) is 0 Å². The minimum atomic E-state index is 0.124. The Morgan fingerprint density at radius 1 is 1.31 bits per heavy atom. The lowest BCUT2D eigenvalue weighted by Crippen LogP contribution is -2.47. The van der Waals surface area contributed by atoms with E-state index in [0.717, 1.165) is 32.4 Å². The van der Waals surface area contributed by atoms with Crippen LogP contribution in [-0.2, 0) is 4.79 Å². The summed E-state index contributed by atoms with van der Waals surface area (Å²) in [6.07, 6.45) is 5.45. The molecule has 0 saturated carbocycles. The number of piperidine rings is 1. The van der Waals surface area contributed by atoms with Gasteiger partial charge in [0.2, 0.25) is 5.91 Å². The highest BCUT2D eigenvalue weighted by Crippen LogP contribution is 2.24. The Hall–Kier alpha value is -0.830. The van der Waals surface area contributed by atoms with Crippen LogP contribution in [0, 0.1) is 0 Å². The third-order valence-electron chi connectivity index (χ3n) is 3.79. The lowest BCUT2D eigenvalue weighted by Gasteiger charge is -2.32. The van der Waals surface area contributed by atoms with Crippen molar-refractivity contribution in [1.82, 2.24) is 10.2 Å². The molecule has 1 N–H and O–H groups in total. The van der Waals surface area contributed by atoms with Crippen LogP contribution in [0.4, 0.5) is 0 Å². The van der Waals surface area contributed by atoms with Crippen LogP contribution in [0.5, 0.6) is 0 Å². The zero-order chi connectivity index (χ0) is 11.5. The van der Waals surface area contributed by atoms with E-state index in [9.17, 15) is 4.79 Å². The molecule has 3 heteroatoms. The molecule has 2 rings (SSSR count). The van der Waals surface area contributed by atoms with E-state index in [1.54, 1.807) is 0 Å². The summed E-state index contributed by atoms with van der Waals surface area (Å²) in [6.45, 7) is 6.37. The van der Waals surface area contributed by atoms with E-state index in [0.29, 0.717) is 0 Å². The summed E-state index contributed by atoms with van der Waals surface area (Å²) in [4.78, 5) is 14.5. The summed E-state index contributed by atoms with van der Waals surface area (Å²) in [5.74, 6) is 0.222.